The monoisotopic (exact) mass is 316 g/mol. The maximum Gasteiger partial charge on any atom is 0.317 e. The van der Waals surface area contributed by atoms with Gasteiger partial charge in [0.15, 0.2) is 5.82 Å². The Kier molecular flexibility index (Phi) is 4.18. The molecular formula is C16H20N4O3. The molecule has 1 aliphatic rings. The van der Waals surface area contributed by atoms with E-state index >= 15 is 0 Å². The van der Waals surface area contributed by atoms with Crippen molar-refractivity contribution < 1.29 is 14.1 Å². The van der Waals surface area contributed by atoms with E-state index in [2.05, 4.69) is 15.5 Å². The van der Waals surface area contributed by atoms with E-state index in [1.54, 1.807) is 11.8 Å². The van der Waals surface area contributed by atoms with E-state index in [1.165, 1.54) is 0 Å². The Morgan fingerprint density at radius 2 is 2.22 bits per heavy atom. The number of carbonyl (C=O) groups excluding carboxylic acids is 1. The van der Waals surface area contributed by atoms with Gasteiger partial charge in [0.2, 0.25) is 0 Å². The number of nitrogens with one attached hydrogen (secondary N) is 1. The third kappa shape index (κ3) is 3.61. The zero-order chi connectivity index (χ0) is 16.4. The number of hydrogen-bond acceptors (Lipinski definition) is 5. The van der Waals surface area contributed by atoms with Crippen LogP contribution in [-0.2, 0) is 0 Å². The van der Waals surface area contributed by atoms with Crippen molar-refractivity contribution in [1.82, 2.24) is 20.4 Å². The van der Waals surface area contributed by atoms with E-state index in [1.807, 2.05) is 38.1 Å². The molecule has 0 aliphatic carbocycles. The zero-order valence-corrected chi connectivity index (χ0v) is 13.4. The van der Waals surface area contributed by atoms with E-state index in [4.69, 9.17) is 9.26 Å². The quantitative estimate of drug-likeness (QED) is 0.935. The molecule has 23 heavy (non-hydrogen) atoms. The number of benzene rings is 1. The highest BCUT2D eigenvalue weighted by Gasteiger charge is 2.32. The zero-order valence-electron chi connectivity index (χ0n) is 13.4. The average molecular weight is 316 g/mol. The molecule has 1 fully saturated rings. The first-order valence-corrected chi connectivity index (χ1v) is 7.64. The summed E-state index contributed by atoms with van der Waals surface area (Å²) >= 11 is 0. The number of urea groups is 1. The van der Waals surface area contributed by atoms with E-state index in [0.717, 1.165) is 11.3 Å². The van der Waals surface area contributed by atoms with Gasteiger partial charge in [0.25, 0.3) is 5.89 Å². The van der Waals surface area contributed by atoms with Crippen LogP contribution in [0.4, 0.5) is 4.79 Å². The summed E-state index contributed by atoms with van der Waals surface area (Å²) < 4.78 is 11.1. The topological polar surface area (TPSA) is 80.5 Å². The molecule has 7 nitrogen and oxygen atoms in total. The second-order valence-electron chi connectivity index (χ2n) is 5.92. The van der Waals surface area contributed by atoms with Crippen molar-refractivity contribution in [2.75, 3.05) is 13.1 Å². The van der Waals surface area contributed by atoms with Crippen LogP contribution < -0.4 is 10.1 Å². The Morgan fingerprint density at radius 3 is 2.87 bits per heavy atom. The number of aryl methyl sites for hydroxylation is 1. The number of carbonyl (C=O) groups is 1. The van der Waals surface area contributed by atoms with Gasteiger partial charge in [-0.1, -0.05) is 11.2 Å². The van der Waals surface area contributed by atoms with E-state index in [0.29, 0.717) is 24.8 Å². The third-order valence-corrected chi connectivity index (χ3v) is 3.46. The van der Waals surface area contributed by atoms with Gasteiger partial charge in [-0.15, -0.1) is 0 Å². The van der Waals surface area contributed by atoms with Gasteiger partial charge in [0.05, 0.1) is 13.1 Å². The van der Waals surface area contributed by atoms with Gasteiger partial charge >= 0.3 is 6.03 Å². The highest BCUT2D eigenvalue weighted by atomic mass is 16.5. The van der Waals surface area contributed by atoms with E-state index < -0.39 is 0 Å². The summed E-state index contributed by atoms with van der Waals surface area (Å²) in [4.78, 5) is 17.7. The molecule has 2 heterocycles. The molecule has 0 spiro atoms. The van der Waals surface area contributed by atoms with Crippen molar-refractivity contribution in [3.05, 3.63) is 30.1 Å². The summed E-state index contributed by atoms with van der Waals surface area (Å²) in [6, 6.07) is 7.61. The first-order valence-electron chi connectivity index (χ1n) is 7.64. The standard InChI is InChI=1S/C16H20N4O3/c1-10(2)17-16(21)20-8-14(9-20)22-13-6-4-5-12(7-13)15-18-11(3)19-23-15/h4-7,10,14H,8-9H2,1-3H3,(H,17,21). The predicted molar refractivity (Wildman–Crippen MR) is 84.1 cm³/mol. The Hall–Kier alpha value is -2.57. The first kappa shape index (κ1) is 15.3. The highest BCUT2D eigenvalue weighted by molar-refractivity contribution is 5.75. The number of ether oxygens (including phenoxy) is 1. The molecule has 0 atom stereocenters. The van der Waals surface area contributed by atoms with Crippen molar-refractivity contribution >= 4 is 6.03 Å². The molecule has 1 aromatic carbocycles. The number of amides is 2. The SMILES string of the molecule is Cc1noc(-c2cccc(OC3CN(C(=O)NC(C)C)C3)c2)n1. The van der Waals surface area contributed by atoms with Crippen LogP contribution in [0.15, 0.2) is 28.8 Å². The summed E-state index contributed by atoms with van der Waals surface area (Å²) in [7, 11) is 0. The lowest BCUT2D eigenvalue weighted by Crippen LogP contribution is -2.59. The van der Waals surface area contributed by atoms with Crippen LogP contribution in [0.1, 0.15) is 19.7 Å². The second kappa shape index (κ2) is 6.28. The number of hydrogen-bond donors (Lipinski definition) is 1. The minimum Gasteiger partial charge on any atom is -0.487 e. The van der Waals surface area contributed by atoms with Crippen LogP contribution >= 0.6 is 0 Å². The molecule has 1 saturated heterocycles. The summed E-state index contributed by atoms with van der Waals surface area (Å²) in [6.45, 7) is 6.83. The minimum atomic E-state index is -0.0464. The van der Waals surface area contributed by atoms with Crippen LogP contribution in [0.3, 0.4) is 0 Å². The van der Waals surface area contributed by atoms with Crippen molar-refractivity contribution in [3.63, 3.8) is 0 Å². The molecular weight excluding hydrogens is 296 g/mol. The van der Waals surface area contributed by atoms with Crippen molar-refractivity contribution in [2.24, 2.45) is 0 Å². The summed E-state index contributed by atoms with van der Waals surface area (Å²) in [5.74, 6) is 1.80. The summed E-state index contributed by atoms with van der Waals surface area (Å²) in [6.07, 6.45) is 0.00702. The summed E-state index contributed by atoms with van der Waals surface area (Å²) in [5.41, 5.74) is 0.817. The molecule has 122 valence electrons. The number of nitrogens with zero attached hydrogens (tertiary/aromatic N) is 3. The lowest BCUT2D eigenvalue weighted by molar-refractivity contribution is 0.0438. The molecule has 1 N–H and O–H groups in total. The molecule has 0 saturated carbocycles. The molecule has 7 heteroatoms. The lowest BCUT2D eigenvalue weighted by atomic mass is 10.1. The fourth-order valence-corrected chi connectivity index (χ4v) is 2.33. The van der Waals surface area contributed by atoms with Crippen LogP contribution in [0.25, 0.3) is 11.5 Å². The van der Waals surface area contributed by atoms with Gasteiger partial charge in [-0.05, 0) is 39.0 Å². The third-order valence-electron chi connectivity index (χ3n) is 3.46. The van der Waals surface area contributed by atoms with Crippen LogP contribution in [0.5, 0.6) is 5.75 Å². The molecule has 0 radical (unpaired) electrons. The van der Waals surface area contributed by atoms with Crippen molar-refractivity contribution in [3.8, 4) is 17.2 Å². The van der Waals surface area contributed by atoms with Crippen LogP contribution in [0.2, 0.25) is 0 Å². The van der Waals surface area contributed by atoms with Gasteiger partial charge in [0, 0.05) is 11.6 Å². The molecule has 3 rings (SSSR count). The fourth-order valence-electron chi connectivity index (χ4n) is 2.33. The Bertz CT molecular complexity index is 692. The van der Waals surface area contributed by atoms with Gasteiger partial charge in [-0.25, -0.2) is 4.79 Å². The fraction of sp³-hybridized carbons (Fsp3) is 0.438. The number of aromatic nitrogens is 2. The number of rotatable bonds is 4. The smallest absolute Gasteiger partial charge is 0.317 e. The molecule has 0 bridgehead atoms. The maximum absolute atomic E-state index is 11.8. The first-order chi connectivity index (χ1) is 11.0. The van der Waals surface area contributed by atoms with Gasteiger partial charge in [0.1, 0.15) is 11.9 Å². The normalized spacial score (nSPS) is 14.7. The van der Waals surface area contributed by atoms with Gasteiger partial charge in [-0.3, -0.25) is 0 Å². The maximum atomic E-state index is 11.8. The lowest BCUT2D eigenvalue weighted by Gasteiger charge is -2.39. The number of likely N-dealkylation sites (tertiary alicyclic amines) is 1. The molecule has 1 aromatic heterocycles. The van der Waals surface area contributed by atoms with E-state index in [-0.39, 0.29) is 18.2 Å². The molecule has 2 amide bonds. The molecule has 2 aromatic rings. The van der Waals surface area contributed by atoms with Crippen molar-refractivity contribution in [1.29, 1.82) is 0 Å². The predicted octanol–water partition coefficient (Wildman–Crippen LogP) is 2.23. The Labute approximate surface area is 134 Å². The van der Waals surface area contributed by atoms with Gasteiger partial charge < -0.3 is 19.5 Å². The summed E-state index contributed by atoms with van der Waals surface area (Å²) in [5, 5.41) is 6.65. The molecule has 1 aliphatic heterocycles. The Morgan fingerprint density at radius 1 is 1.43 bits per heavy atom. The highest BCUT2D eigenvalue weighted by Crippen LogP contribution is 2.24. The minimum absolute atomic E-state index is 0.00702. The van der Waals surface area contributed by atoms with Gasteiger partial charge in [-0.2, -0.15) is 4.98 Å². The average Bonchev–Trinajstić information content (AvgIpc) is 2.88. The Balaban J connectivity index is 1.57. The van der Waals surface area contributed by atoms with Crippen LogP contribution in [0, 0.1) is 6.92 Å². The van der Waals surface area contributed by atoms with Crippen molar-refractivity contribution in [2.45, 2.75) is 32.9 Å². The van der Waals surface area contributed by atoms with Crippen LogP contribution in [-0.4, -0.2) is 46.3 Å². The molecule has 0 unspecified atom stereocenters. The largest absolute Gasteiger partial charge is 0.487 e. The second-order valence-corrected chi connectivity index (χ2v) is 5.92. The van der Waals surface area contributed by atoms with E-state index in [9.17, 15) is 4.79 Å².